The van der Waals surface area contributed by atoms with E-state index in [-0.39, 0.29) is 12.1 Å². The van der Waals surface area contributed by atoms with Crippen LogP contribution in [0.5, 0.6) is 0 Å². The first kappa shape index (κ1) is 11.9. The van der Waals surface area contributed by atoms with Gasteiger partial charge in [0, 0.05) is 24.5 Å². The number of nitrogens with one attached hydrogen (secondary N) is 1. The van der Waals surface area contributed by atoms with E-state index >= 15 is 0 Å². The van der Waals surface area contributed by atoms with Gasteiger partial charge in [0.05, 0.1) is 0 Å². The summed E-state index contributed by atoms with van der Waals surface area (Å²) < 4.78 is 2.02. The number of aliphatic hydroxyl groups is 1. The van der Waals surface area contributed by atoms with Crippen molar-refractivity contribution in [3.63, 3.8) is 0 Å². The number of anilines is 1. The first-order valence-electron chi connectivity index (χ1n) is 6.00. The van der Waals surface area contributed by atoms with Crippen LogP contribution in [0.25, 0.3) is 5.65 Å². The number of aromatic nitrogens is 2. The minimum atomic E-state index is -0.0900. The molecule has 0 fully saturated rings. The monoisotopic (exact) mass is 233 g/mol. The average molecular weight is 233 g/mol. The van der Waals surface area contributed by atoms with E-state index < -0.39 is 0 Å². The summed E-state index contributed by atoms with van der Waals surface area (Å²) in [6, 6.07) is 5.99. The van der Waals surface area contributed by atoms with Crippen molar-refractivity contribution in [3.8, 4) is 0 Å². The van der Waals surface area contributed by atoms with Gasteiger partial charge in [0.1, 0.15) is 11.5 Å². The lowest BCUT2D eigenvalue weighted by molar-refractivity contribution is 0.251. The van der Waals surface area contributed by atoms with Gasteiger partial charge in [-0.25, -0.2) is 4.98 Å². The number of aliphatic hydroxyl groups excluding tert-OH is 1. The normalized spacial score (nSPS) is 14.8. The fourth-order valence-corrected chi connectivity index (χ4v) is 1.93. The molecule has 92 valence electrons. The van der Waals surface area contributed by atoms with E-state index in [9.17, 15) is 0 Å². The quantitative estimate of drug-likeness (QED) is 0.833. The Labute approximate surface area is 101 Å². The Morgan fingerprint density at radius 2 is 2.29 bits per heavy atom. The Morgan fingerprint density at radius 1 is 1.47 bits per heavy atom. The van der Waals surface area contributed by atoms with Crippen molar-refractivity contribution in [1.29, 1.82) is 0 Å². The van der Waals surface area contributed by atoms with E-state index in [1.165, 1.54) is 0 Å². The Bertz CT molecular complexity index is 494. The van der Waals surface area contributed by atoms with E-state index in [0.717, 1.165) is 24.3 Å². The van der Waals surface area contributed by atoms with Crippen LogP contribution in [0.4, 0.5) is 5.82 Å². The topological polar surface area (TPSA) is 49.6 Å². The largest absolute Gasteiger partial charge is 0.396 e. The molecule has 1 unspecified atom stereocenters. The van der Waals surface area contributed by atoms with Crippen molar-refractivity contribution < 1.29 is 5.11 Å². The molecule has 0 aliphatic heterocycles. The van der Waals surface area contributed by atoms with Gasteiger partial charge in [-0.3, -0.25) is 4.40 Å². The van der Waals surface area contributed by atoms with E-state index in [0.29, 0.717) is 0 Å². The first-order valence-corrected chi connectivity index (χ1v) is 6.00. The highest BCUT2D eigenvalue weighted by molar-refractivity contribution is 5.50. The third-order valence-electron chi connectivity index (χ3n) is 3.30. The highest BCUT2D eigenvalue weighted by Gasteiger charge is 2.21. The minimum absolute atomic E-state index is 0.0900. The Morgan fingerprint density at radius 3 is 3.00 bits per heavy atom. The van der Waals surface area contributed by atoms with Crippen LogP contribution in [-0.4, -0.2) is 26.6 Å². The molecule has 0 saturated carbocycles. The van der Waals surface area contributed by atoms with Crippen LogP contribution in [0.2, 0.25) is 0 Å². The smallest absolute Gasteiger partial charge is 0.138 e. The third kappa shape index (κ3) is 2.42. The molecule has 0 bridgehead atoms. The van der Waals surface area contributed by atoms with Crippen molar-refractivity contribution in [2.45, 2.75) is 32.2 Å². The van der Waals surface area contributed by atoms with Gasteiger partial charge in [0.25, 0.3) is 0 Å². The molecule has 2 rings (SSSR count). The van der Waals surface area contributed by atoms with Crippen molar-refractivity contribution in [2.24, 2.45) is 0 Å². The van der Waals surface area contributed by atoms with Crippen molar-refractivity contribution in [3.05, 3.63) is 30.6 Å². The average Bonchev–Trinajstić information content (AvgIpc) is 2.78. The number of rotatable bonds is 5. The van der Waals surface area contributed by atoms with Gasteiger partial charge in [-0.2, -0.15) is 0 Å². The summed E-state index contributed by atoms with van der Waals surface area (Å²) in [5, 5.41) is 12.6. The molecule has 1 atom stereocenters. The van der Waals surface area contributed by atoms with E-state index in [1.54, 1.807) is 6.20 Å². The fraction of sp³-hybridized carbons (Fsp3) is 0.462. The third-order valence-corrected chi connectivity index (χ3v) is 3.30. The molecule has 2 heterocycles. The number of fused-ring (bicyclic) bond motifs is 1. The van der Waals surface area contributed by atoms with Gasteiger partial charge < -0.3 is 10.4 Å². The molecule has 2 aromatic heterocycles. The number of imidazole rings is 1. The predicted molar refractivity (Wildman–Crippen MR) is 69.2 cm³/mol. The minimum Gasteiger partial charge on any atom is -0.396 e. The molecule has 4 heteroatoms. The summed E-state index contributed by atoms with van der Waals surface area (Å²) >= 11 is 0. The zero-order valence-corrected chi connectivity index (χ0v) is 10.3. The van der Waals surface area contributed by atoms with Crippen molar-refractivity contribution in [2.75, 3.05) is 11.9 Å². The standard InChI is InChI=1S/C13H19N3O/c1-3-13(2,7-10-17)15-12-6-4-5-11-14-8-9-16(11)12/h4-6,8-9,15,17H,3,7,10H2,1-2H3. The molecule has 0 aliphatic rings. The molecule has 17 heavy (non-hydrogen) atoms. The molecule has 0 aliphatic carbocycles. The Hall–Kier alpha value is -1.55. The number of hydrogen-bond donors (Lipinski definition) is 2. The number of hydrogen-bond acceptors (Lipinski definition) is 3. The van der Waals surface area contributed by atoms with Crippen LogP contribution in [0.3, 0.4) is 0 Å². The number of nitrogens with zero attached hydrogens (tertiary/aromatic N) is 2. The lowest BCUT2D eigenvalue weighted by Crippen LogP contribution is -2.35. The van der Waals surface area contributed by atoms with Crippen molar-refractivity contribution in [1.82, 2.24) is 9.38 Å². The van der Waals surface area contributed by atoms with Gasteiger partial charge in [-0.05, 0) is 31.9 Å². The molecule has 0 amide bonds. The van der Waals surface area contributed by atoms with Crippen molar-refractivity contribution >= 4 is 11.5 Å². The van der Waals surface area contributed by atoms with Gasteiger partial charge in [-0.1, -0.05) is 13.0 Å². The summed E-state index contributed by atoms with van der Waals surface area (Å²) in [6.45, 7) is 4.44. The van der Waals surface area contributed by atoms with Crippen LogP contribution < -0.4 is 5.32 Å². The maximum atomic E-state index is 9.13. The summed E-state index contributed by atoms with van der Waals surface area (Å²) in [6.07, 6.45) is 5.41. The predicted octanol–water partition coefficient (Wildman–Crippen LogP) is 2.30. The summed E-state index contributed by atoms with van der Waals surface area (Å²) in [7, 11) is 0. The summed E-state index contributed by atoms with van der Waals surface area (Å²) in [5.74, 6) is 1.01. The van der Waals surface area contributed by atoms with Gasteiger partial charge in [0.15, 0.2) is 0 Å². The van der Waals surface area contributed by atoms with E-state index in [4.69, 9.17) is 5.11 Å². The Kier molecular flexibility index (Phi) is 3.33. The zero-order chi connectivity index (χ0) is 12.3. The zero-order valence-electron chi connectivity index (χ0n) is 10.3. The van der Waals surface area contributed by atoms with E-state index in [2.05, 4.69) is 24.1 Å². The van der Waals surface area contributed by atoms with Gasteiger partial charge >= 0.3 is 0 Å². The molecular formula is C13H19N3O. The summed E-state index contributed by atoms with van der Waals surface area (Å²) in [4.78, 5) is 4.25. The second kappa shape index (κ2) is 4.75. The fourth-order valence-electron chi connectivity index (χ4n) is 1.93. The second-order valence-electron chi connectivity index (χ2n) is 4.58. The molecule has 0 radical (unpaired) electrons. The Balaban J connectivity index is 2.31. The lowest BCUT2D eigenvalue weighted by atomic mass is 9.95. The highest BCUT2D eigenvalue weighted by atomic mass is 16.3. The van der Waals surface area contributed by atoms with Crippen LogP contribution in [0.15, 0.2) is 30.6 Å². The van der Waals surface area contributed by atoms with Crippen LogP contribution >= 0.6 is 0 Å². The first-order chi connectivity index (χ1) is 8.18. The van der Waals surface area contributed by atoms with Crippen LogP contribution in [0, 0.1) is 0 Å². The molecule has 0 saturated heterocycles. The molecule has 0 spiro atoms. The highest BCUT2D eigenvalue weighted by Crippen LogP contribution is 2.22. The van der Waals surface area contributed by atoms with Gasteiger partial charge in [-0.15, -0.1) is 0 Å². The van der Waals surface area contributed by atoms with Crippen LogP contribution in [0.1, 0.15) is 26.7 Å². The molecular weight excluding hydrogens is 214 g/mol. The second-order valence-corrected chi connectivity index (χ2v) is 4.58. The SMILES string of the molecule is CCC(C)(CCO)Nc1cccc2nccn12. The molecule has 0 aromatic carbocycles. The molecule has 4 nitrogen and oxygen atoms in total. The lowest BCUT2D eigenvalue weighted by Gasteiger charge is -2.30. The van der Waals surface area contributed by atoms with Crippen LogP contribution in [-0.2, 0) is 0 Å². The summed E-state index contributed by atoms with van der Waals surface area (Å²) in [5.41, 5.74) is 0.838. The van der Waals surface area contributed by atoms with E-state index in [1.807, 2.05) is 28.8 Å². The van der Waals surface area contributed by atoms with Gasteiger partial charge in [0.2, 0.25) is 0 Å². The maximum absolute atomic E-state index is 9.13. The maximum Gasteiger partial charge on any atom is 0.138 e. The number of pyridine rings is 1. The molecule has 2 N–H and O–H groups in total. The molecule has 2 aromatic rings.